The molecule has 0 N–H and O–H groups in total. The lowest BCUT2D eigenvalue weighted by molar-refractivity contribution is 0.0499. The maximum absolute atomic E-state index is 13.0. The Morgan fingerprint density at radius 2 is 1.47 bits per heavy atom. The van der Waals surface area contributed by atoms with E-state index >= 15 is 0 Å². The number of halogens is 5. The van der Waals surface area contributed by atoms with E-state index in [1.807, 2.05) is 45.2 Å². The second-order valence-corrected chi connectivity index (χ2v) is 7.40. The average molecular weight is 652 g/mol. The predicted molar refractivity (Wildman–Crippen MR) is 117 cm³/mol. The number of hydrogen-bond donors (Lipinski definition) is 0. The Bertz CT molecular complexity index is 851. The fraction of sp³-hybridized carbons (Fsp3) is 0.333. The molecule has 164 valence electrons. The van der Waals surface area contributed by atoms with Crippen molar-refractivity contribution >= 4 is 57.1 Å². The van der Waals surface area contributed by atoms with Crippen molar-refractivity contribution in [2.24, 2.45) is 0 Å². The van der Waals surface area contributed by atoms with Crippen LogP contribution in [0.2, 0.25) is 0 Å². The van der Waals surface area contributed by atoms with Crippen molar-refractivity contribution in [1.29, 1.82) is 0 Å². The van der Waals surface area contributed by atoms with Crippen molar-refractivity contribution in [3.05, 3.63) is 48.7 Å². The molecule has 0 atom stereocenters. The number of hydrogen-bond acceptors (Lipinski definition) is 7. The molecule has 0 saturated heterocycles. The number of alkyl halides is 2. The lowest BCUT2D eigenvalue weighted by atomic mass is 10.3. The molecule has 2 rings (SSSR count). The lowest BCUT2D eigenvalue weighted by Crippen LogP contribution is -2.14. The van der Waals surface area contributed by atoms with E-state index in [9.17, 15) is 22.8 Å². The zero-order chi connectivity index (χ0) is 22.7. The number of carbonyl (C=O) groups is 2. The molecule has 0 unspecified atom stereocenters. The molecule has 0 aliphatic carbocycles. The predicted octanol–water partition coefficient (Wildman–Crippen LogP) is 4.51. The summed E-state index contributed by atoms with van der Waals surface area (Å²) in [5.41, 5.74) is -0.0134. The lowest BCUT2D eigenvalue weighted by Gasteiger charge is -2.10. The van der Waals surface area contributed by atoms with E-state index in [0.29, 0.717) is 7.14 Å². The van der Waals surface area contributed by atoms with Crippen LogP contribution in [0.5, 0.6) is 5.88 Å². The van der Waals surface area contributed by atoms with Crippen LogP contribution in [0.3, 0.4) is 0 Å². The molecule has 2 heterocycles. The highest BCUT2D eigenvalue weighted by atomic mass is 127. The van der Waals surface area contributed by atoms with E-state index in [4.69, 9.17) is 9.47 Å². The van der Waals surface area contributed by atoms with Gasteiger partial charge in [0.1, 0.15) is 11.1 Å². The third-order valence-electron chi connectivity index (χ3n) is 3.02. The normalized spacial score (nSPS) is 10.1. The van der Waals surface area contributed by atoms with Crippen molar-refractivity contribution in [2.75, 3.05) is 19.8 Å². The Labute approximate surface area is 198 Å². The number of esters is 2. The maximum Gasteiger partial charge on any atom is 0.344 e. The van der Waals surface area contributed by atoms with E-state index in [0.717, 1.165) is 0 Å². The summed E-state index contributed by atoms with van der Waals surface area (Å²) in [6.45, 7) is 2.93. The van der Waals surface area contributed by atoms with Gasteiger partial charge in [0.05, 0.1) is 13.2 Å². The molecule has 0 saturated carbocycles. The van der Waals surface area contributed by atoms with Crippen LogP contribution in [-0.2, 0) is 9.47 Å². The molecule has 12 heteroatoms. The number of pyridine rings is 2. The highest BCUT2D eigenvalue weighted by Crippen LogP contribution is 2.22. The minimum Gasteiger partial charge on any atom is -0.471 e. The molecule has 0 fully saturated rings. The molecule has 0 bridgehead atoms. The van der Waals surface area contributed by atoms with Crippen LogP contribution >= 0.6 is 45.2 Å². The monoisotopic (exact) mass is 652 g/mol. The number of ether oxygens (including phenoxy) is 3. The second-order valence-electron chi connectivity index (χ2n) is 5.07. The topological polar surface area (TPSA) is 87.6 Å². The summed E-state index contributed by atoms with van der Waals surface area (Å²) < 4.78 is 52.4. The van der Waals surface area contributed by atoms with Gasteiger partial charge in [-0.25, -0.2) is 28.3 Å². The van der Waals surface area contributed by atoms with Crippen molar-refractivity contribution in [1.82, 2.24) is 9.97 Å². The molecule has 0 aromatic carbocycles. The third kappa shape index (κ3) is 8.20. The molecule has 7 nitrogen and oxygen atoms in total. The SMILES string of the molecule is CCOC(=O)c1c(I)ccnc1F.CCOC(=O)c1c(I)ccnc1OCC(F)F. The zero-order valence-corrected chi connectivity index (χ0v) is 20.1. The molecule has 2 aromatic rings. The largest absolute Gasteiger partial charge is 0.471 e. The van der Waals surface area contributed by atoms with Crippen LogP contribution in [-0.4, -0.2) is 48.2 Å². The Balaban J connectivity index is 0.000000311. The Hall–Kier alpha value is -1.71. The van der Waals surface area contributed by atoms with E-state index in [-0.39, 0.29) is 30.2 Å². The van der Waals surface area contributed by atoms with Crippen LogP contribution in [0.25, 0.3) is 0 Å². The van der Waals surface area contributed by atoms with Gasteiger partial charge in [0.2, 0.25) is 11.8 Å². The summed E-state index contributed by atoms with van der Waals surface area (Å²) in [6.07, 6.45) is 0.0650. The summed E-state index contributed by atoms with van der Waals surface area (Å²) in [6, 6.07) is 3.12. The summed E-state index contributed by atoms with van der Waals surface area (Å²) in [7, 11) is 0. The van der Waals surface area contributed by atoms with E-state index < -0.39 is 30.9 Å². The molecule has 0 spiro atoms. The molecule has 2 aromatic heterocycles. The summed E-state index contributed by atoms with van der Waals surface area (Å²) in [5.74, 6) is -2.22. The molecular formula is C18H17F3I2N2O5. The number of aromatic nitrogens is 2. The first-order valence-electron chi connectivity index (χ1n) is 8.42. The van der Waals surface area contributed by atoms with Crippen LogP contribution < -0.4 is 4.74 Å². The van der Waals surface area contributed by atoms with Gasteiger partial charge in [0.15, 0.2) is 6.61 Å². The second kappa shape index (κ2) is 13.6. The highest BCUT2D eigenvalue weighted by molar-refractivity contribution is 14.1. The fourth-order valence-electron chi connectivity index (χ4n) is 1.86. The quantitative estimate of drug-likeness (QED) is 0.247. The first kappa shape index (κ1) is 26.3. The van der Waals surface area contributed by atoms with Gasteiger partial charge < -0.3 is 14.2 Å². The van der Waals surface area contributed by atoms with E-state index in [1.165, 1.54) is 12.4 Å². The molecule has 0 amide bonds. The minimum atomic E-state index is -2.62. The minimum absolute atomic E-state index is 0.0793. The van der Waals surface area contributed by atoms with Crippen molar-refractivity contribution < 1.29 is 37.0 Å². The molecule has 0 radical (unpaired) electrons. The number of rotatable bonds is 7. The summed E-state index contributed by atoms with van der Waals surface area (Å²) in [5, 5.41) is 0. The molecular weight excluding hydrogens is 635 g/mol. The maximum atomic E-state index is 13.0. The zero-order valence-electron chi connectivity index (χ0n) is 15.8. The Kier molecular flexibility index (Phi) is 11.9. The summed E-state index contributed by atoms with van der Waals surface area (Å²) in [4.78, 5) is 29.9. The van der Waals surface area contributed by atoms with Gasteiger partial charge in [-0.3, -0.25) is 0 Å². The van der Waals surface area contributed by atoms with Crippen molar-refractivity contribution in [3.63, 3.8) is 0 Å². The molecule has 30 heavy (non-hydrogen) atoms. The average Bonchev–Trinajstić information content (AvgIpc) is 2.67. The van der Waals surface area contributed by atoms with Crippen LogP contribution in [0.1, 0.15) is 34.6 Å². The van der Waals surface area contributed by atoms with Crippen molar-refractivity contribution in [2.45, 2.75) is 20.3 Å². The van der Waals surface area contributed by atoms with Gasteiger partial charge in [-0.15, -0.1) is 0 Å². The standard InChI is InChI=1S/C10H10F2INO3.C8H7FINO2/c1-2-16-10(15)8-6(13)3-4-14-9(8)17-5-7(11)12;1-2-13-8(12)6-5(10)3-4-11-7(6)9/h3-4,7H,2,5H2,1H3;3-4H,2H2,1H3. The van der Waals surface area contributed by atoms with Gasteiger partial charge in [-0.05, 0) is 71.2 Å². The fourth-order valence-corrected chi connectivity index (χ4v) is 3.07. The smallest absolute Gasteiger partial charge is 0.344 e. The van der Waals surface area contributed by atoms with Crippen LogP contribution in [0, 0.1) is 13.1 Å². The van der Waals surface area contributed by atoms with Gasteiger partial charge in [-0.1, -0.05) is 0 Å². The van der Waals surface area contributed by atoms with Crippen LogP contribution in [0.15, 0.2) is 24.5 Å². The molecule has 0 aliphatic rings. The Morgan fingerprint density at radius 1 is 0.967 bits per heavy atom. The van der Waals surface area contributed by atoms with Gasteiger partial charge in [0, 0.05) is 19.5 Å². The molecule has 0 aliphatic heterocycles. The first-order valence-corrected chi connectivity index (χ1v) is 10.6. The number of carbonyl (C=O) groups excluding carboxylic acids is 2. The highest BCUT2D eigenvalue weighted by Gasteiger charge is 2.20. The number of nitrogens with zero attached hydrogens (tertiary/aromatic N) is 2. The van der Waals surface area contributed by atoms with Crippen molar-refractivity contribution in [3.8, 4) is 5.88 Å². The van der Waals surface area contributed by atoms with Crippen LogP contribution in [0.4, 0.5) is 13.2 Å². The van der Waals surface area contributed by atoms with E-state index in [1.54, 1.807) is 26.0 Å². The van der Waals surface area contributed by atoms with Gasteiger partial charge >= 0.3 is 11.9 Å². The van der Waals surface area contributed by atoms with Gasteiger partial charge in [0.25, 0.3) is 6.43 Å². The Morgan fingerprint density at radius 3 is 1.97 bits per heavy atom. The summed E-state index contributed by atoms with van der Waals surface area (Å²) >= 11 is 3.75. The first-order chi connectivity index (χ1) is 14.2. The van der Waals surface area contributed by atoms with E-state index in [2.05, 4.69) is 14.7 Å². The third-order valence-corrected chi connectivity index (χ3v) is 4.82. The van der Waals surface area contributed by atoms with Gasteiger partial charge in [-0.2, -0.15) is 4.39 Å².